The molecule has 0 N–H and O–H groups in total. The Kier molecular flexibility index (Phi) is 9.38. The van der Waals surface area contributed by atoms with Crippen LogP contribution in [-0.2, 0) is 9.53 Å². The van der Waals surface area contributed by atoms with Gasteiger partial charge in [-0.3, -0.25) is 24.6 Å². The van der Waals surface area contributed by atoms with Crippen molar-refractivity contribution in [2.24, 2.45) is 5.10 Å². The van der Waals surface area contributed by atoms with Crippen LogP contribution < -0.4 is 4.74 Å². The minimum Gasteiger partial charge on any atom is -0.497 e. The van der Waals surface area contributed by atoms with Gasteiger partial charge in [0.2, 0.25) is 0 Å². The number of rotatable bonds is 10. The third kappa shape index (κ3) is 7.22. The van der Waals surface area contributed by atoms with E-state index in [1.54, 1.807) is 31.4 Å². The molecule has 0 aromatic heterocycles. The van der Waals surface area contributed by atoms with Gasteiger partial charge in [0, 0.05) is 50.3 Å². The first-order chi connectivity index (χ1) is 20.8. The molecule has 2 aliphatic heterocycles. The molecule has 1 atom stereocenters. The summed E-state index contributed by atoms with van der Waals surface area (Å²) in [6.45, 7) is 3.11. The number of nitrogens with zero attached hydrogens (tertiary/aromatic N) is 5. The van der Waals surface area contributed by atoms with Gasteiger partial charge >= 0.3 is 0 Å². The summed E-state index contributed by atoms with van der Waals surface area (Å²) in [6.07, 6.45) is 0.363. The monoisotopic (exact) mass is 589 g/mol. The number of ether oxygens (including phenoxy) is 2. The van der Waals surface area contributed by atoms with Crippen LogP contribution in [0.25, 0.3) is 0 Å². The number of hydrogen-bond donors (Lipinski definition) is 0. The fraction of sp³-hybridized carbons (Fsp3) is 0.323. The second kappa shape index (κ2) is 13.5. The number of morpholine rings is 1. The van der Waals surface area contributed by atoms with Crippen LogP contribution in [-0.4, -0.2) is 90.3 Å². The fourth-order valence-corrected chi connectivity index (χ4v) is 5.16. The summed E-state index contributed by atoms with van der Waals surface area (Å²) in [5.41, 5.74) is 2.15. The second-order valence-electron chi connectivity index (χ2n) is 10.3. The van der Waals surface area contributed by atoms with Crippen molar-refractivity contribution in [2.75, 3.05) is 53.0 Å². The maximum Gasteiger partial charge on any atom is 0.269 e. The summed E-state index contributed by atoms with van der Waals surface area (Å²) < 4.78 is 24.7. The first kappa shape index (κ1) is 29.8. The molecule has 1 unspecified atom stereocenters. The lowest BCUT2D eigenvalue weighted by Crippen LogP contribution is -2.46. The number of non-ortho nitro benzene ring substituents is 1. The Balaban J connectivity index is 1.42. The number of carbonyl (C=O) groups excluding carboxylic acids is 2. The fourth-order valence-electron chi connectivity index (χ4n) is 5.16. The van der Waals surface area contributed by atoms with Gasteiger partial charge in [-0.1, -0.05) is 18.2 Å². The maximum absolute atomic E-state index is 14.0. The Bertz CT molecular complexity index is 1490. The molecule has 0 saturated carbocycles. The number of halogens is 1. The summed E-state index contributed by atoms with van der Waals surface area (Å²) >= 11 is 0. The first-order valence-electron chi connectivity index (χ1n) is 14.0. The molecule has 0 aliphatic carbocycles. The van der Waals surface area contributed by atoms with E-state index in [1.165, 1.54) is 40.2 Å². The van der Waals surface area contributed by atoms with Gasteiger partial charge in [0.15, 0.2) is 0 Å². The Morgan fingerprint density at radius 3 is 2.47 bits per heavy atom. The molecule has 3 aromatic rings. The molecule has 1 fully saturated rings. The molecular formula is C31H32FN5O6. The smallest absolute Gasteiger partial charge is 0.269 e. The largest absolute Gasteiger partial charge is 0.497 e. The van der Waals surface area contributed by atoms with E-state index in [0.717, 1.165) is 11.6 Å². The molecule has 3 aromatic carbocycles. The van der Waals surface area contributed by atoms with Crippen molar-refractivity contribution in [3.05, 3.63) is 105 Å². The predicted octanol–water partition coefficient (Wildman–Crippen LogP) is 3.89. The maximum atomic E-state index is 14.0. The number of carbonyl (C=O) groups is 2. The molecule has 1 saturated heterocycles. The predicted molar refractivity (Wildman–Crippen MR) is 156 cm³/mol. The summed E-state index contributed by atoms with van der Waals surface area (Å²) in [4.78, 5) is 41.7. The number of hydrogen-bond acceptors (Lipinski definition) is 8. The summed E-state index contributed by atoms with van der Waals surface area (Å²) in [5, 5.41) is 17.2. The van der Waals surface area contributed by atoms with Gasteiger partial charge in [0.25, 0.3) is 17.5 Å². The highest BCUT2D eigenvalue weighted by Crippen LogP contribution is 2.34. The Morgan fingerprint density at radius 2 is 1.81 bits per heavy atom. The lowest BCUT2D eigenvalue weighted by atomic mass is 9.98. The van der Waals surface area contributed by atoms with Gasteiger partial charge in [-0.15, -0.1) is 0 Å². The van der Waals surface area contributed by atoms with Gasteiger partial charge in [0.05, 0.1) is 37.0 Å². The number of methoxy groups -OCH3 is 1. The van der Waals surface area contributed by atoms with Crippen molar-refractivity contribution in [1.82, 2.24) is 14.8 Å². The molecular weight excluding hydrogens is 557 g/mol. The second-order valence-corrected chi connectivity index (χ2v) is 10.3. The molecule has 224 valence electrons. The Hall–Kier alpha value is -4.68. The van der Waals surface area contributed by atoms with Crippen molar-refractivity contribution in [3.63, 3.8) is 0 Å². The van der Waals surface area contributed by atoms with Gasteiger partial charge in [-0.2, -0.15) is 5.10 Å². The molecule has 0 radical (unpaired) electrons. The minimum atomic E-state index is -0.540. The average Bonchev–Trinajstić information content (AvgIpc) is 3.49. The number of nitro benzene ring substituents is 1. The normalized spacial score (nSPS) is 16.9. The third-order valence-corrected chi connectivity index (χ3v) is 7.55. The van der Waals surface area contributed by atoms with E-state index >= 15 is 0 Å². The van der Waals surface area contributed by atoms with E-state index in [2.05, 4.69) is 10.0 Å². The zero-order chi connectivity index (χ0) is 30.3. The van der Waals surface area contributed by atoms with E-state index < -0.39 is 28.6 Å². The van der Waals surface area contributed by atoms with E-state index in [4.69, 9.17) is 9.47 Å². The Labute approximate surface area is 248 Å². The highest BCUT2D eigenvalue weighted by Gasteiger charge is 2.35. The average molecular weight is 590 g/mol. The standard InChI is InChI=1S/C31H32FN5O6/c1-42-27-11-7-23(8-12-27)29-20-28(22-5-9-26(10-6-22)37(40)41)33-36(29)30(38)21-35(14-13-34-15-17-43-18-16-34)31(39)24-3-2-4-25(32)19-24/h2-12,19,29H,13-18,20-21H2,1H3. The van der Waals surface area contributed by atoms with Crippen LogP contribution in [0.15, 0.2) is 77.9 Å². The zero-order valence-corrected chi connectivity index (χ0v) is 23.7. The van der Waals surface area contributed by atoms with Crippen molar-refractivity contribution in [1.29, 1.82) is 0 Å². The number of nitro groups is 1. The van der Waals surface area contributed by atoms with Crippen molar-refractivity contribution in [2.45, 2.75) is 12.5 Å². The first-order valence-corrected chi connectivity index (χ1v) is 14.0. The molecule has 43 heavy (non-hydrogen) atoms. The van der Waals surface area contributed by atoms with Crippen LogP contribution in [0.2, 0.25) is 0 Å². The SMILES string of the molecule is COc1ccc(C2CC(c3ccc([N+](=O)[O-])cc3)=NN2C(=O)CN(CCN2CCOCC2)C(=O)c2cccc(F)c2)cc1. The highest BCUT2D eigenvalue weighted by atomic mass is 19.1. The molecule has 0 bridgehead atoms. The lowest BCUT2D eigenvalue weighted by Gasteiger charge is -2.31. The van der Waals surface area contributed by atoms with E-state index in [-0.39, 0.29) is 24.3 Å². The van der Waals surface area contributed by atoms with E-state index in [0.29, 0.717) is 56.3 Å². The van der Waals surface area contributed by atoms with Crippen LogP contribution in [0.5, 0.6) is 5.75 Å². The van der Waals surface area contributed by atoms with Gasteiger partial charge in [-0.05, 0) is 53.6 Å². The van der Waals surface area contributed by atoms with Gasteiger partial charge < -0.3 is 14.4 Å². The highest BCUT2D eigenvalue weighted by molar-refractivity contribution is 6.04. The minimum absolute atomic E-state index is 0.0474. The lowest BCUT2D eigenvalue weighted by molar-refractivity contribution is -0.384. The summed E-state index contributed by atoms with van der Waals surface area (Å²) in [7, 11) is 1.57. The van der Waals surface area contributed by atoms with Gasteiger partial charge in [-0.25, -0.2) is 9.40 Å². The van der Waals surface area contributed by atoms with Crippen LogP contribution in [0, 0.1) is 15.9 Å². The quantitative estimate of drug-likeness (QED) is 0.260. The number of amides is 2. The van der Waals surface area contributed by atoms with Crippen molar-refractivity contribution >= 4 is 23.2 Å². The Morgan fingerprint density at radius 1 is 1.09 bits per heavy atom. The molecule has 2 amide bonds. The molecule has 2 aliphatic rings. The van der Waals surface area contributed by atoms with Crippen molar-refractivity contribution in [3.8, 4) is 5.75 Å². The number of benzene rings is 3. The van der Waals surface area contributed by atoms with E-state index in [1.807, 2.05) is 12.1 Å². The topological polar surface area (TPSA) is 118 Å². The van der Waals surface area contributed by atoms with Crippen LogP contribution in [0.1, 0.15) is 33.9 Å². The summed E-state index contributed by atoms with van der Waals surface area (Å²) in [5.74, 6) is -0.752. The summed E-state index contributed by atoms with van der Waals surface area (Å²) in [6, 6.07) is 18.2. The number of hydrazone groups is 1. The third-order valence-electron chi connectivity index (χ3n) is 7.55. The van der Waals surface area contributed by atoms with E-state index in [9.17, 15) is 24.1 Å². The van der Waals surface area contributed by atoms with Gasteiger partial charge in [0.1, 0.15) is 18.1 Å². The molecule has 5 rings (SSSR count). The van der Waals surface area contributed by atoms with Crippen molar-refractivity contribution < 1.29 is 28.4 Å². The molecule has 2 heterocycles. The van der Waals surface area contributed by atoms with Crippen LogP contribution >= 0.6 is 0 Å². The molecule has 12 heteroatoms. The zero-order valence-electron chi connectivity index (χ0n) is 23.7. The molecule has 11 nitrogen and oxygen atoms in total. The van der Waals surface area contributed by atoms with Crippen LogP contribution in [0.3, 0.4) is 0 Å². The van der Waals surface area contributed by atoms with Crippen LogP contribution in [0.4, 0.5) is 10.1 Å². The molecule has 0 spiro atoms.